The Morgan fingerprint density at radius 1 is 0.961 bits per heavy atom. The molecule has 0 radical (unpaired) electrons. The van der Waals surface area contributed by atoms with E-state index in [0.717, 1.165) is 11.1 Å². The van der Waals surface area contributed by atoms with Crippen LogP contribution >= 0.6 is 0 Å². The molecule has 14 nitrogen and oxygen atoms in total. The van der Waals surface area contributed by atoms with E-state index in [0.29, 0.717) is 43.4 Å². The molecule has 2 aliphatic rings. The van der Waals surface area contributed by atoms with Crippen LogP contribution in [-0.2, 0) is 29.9 Å². The number of pyridine rings is 2. The first-order chi connectivity index (χ1) is 24.5. The largest absolute Gasteiger partial charge is 0.493 e. The van der Waals surface area contributed by atoms with Gasteiger partial charge in [0, 0.05) is 74.1 Å². The number of benzene rings is 1. The van der Waals surface area contributed by atoms with Gasteiger partial charge in [-0.05, 0) is 42.7 Å². The molecule has 270 valence electrons. The van der Waals surface area contributed by atoms with Gasteiger partial charge in [-0.2, -0.15) is 4.98 Å². The molecule has 3 aromatic rings. The number of amides is 5. The predicted molar refractivity (Wildman–Crippen MR) is 184 cm³/mol. The van der Waals surface area contributed by atoms with Crippen molar-refractivity contribution in [1.29, 1.82) is 0 Å². The summed E-state index contributed by atoms with van der Waals surface area (Å²) in [6, 6.07) is 7.61. The molecule has 3 N–H and O–H groups in total. The zero-order valence-electron chi connectivity index (χ0n) is 27.8. The fourth-order valence-electron chi connectivity index (χ4n) is 5.27. The van der Waals surface area contributed by atoms with Gasteiger partial charge in [-0.1, -0.05) is 6.42 Å². The SMILES string of the molecule is CS(=O)(Cc1cc2nc(c1)OCCCOc1cc(F)ccc1-c1cc(ncc1F)N2)=NC(=O)NCCNC(=O)CCCCCN1C(=O)C=CC1=O. The van der Waals surface area contributed by atoms with Crippen LogP contribution in [0.1, 0.15) is 37.7 Å². The zero-order chi connectivity index (χ0) is 36.4. The number of aromatic nitrogens is 2. The molecule has 0 spiro atoms. The molecule has 17 heteroatoms. The molecule has 0 aliphatic carbocycles. The molecule has 0 saturated heterocycles. The van der Waals surface area contributed by atoms with Crippen molar-refractivity contribution in [3.05, 3.63) is 71.9 Å². The highest BCUT2D eigenvalue weighted by atomic mass is 32.2. The summed E-state index contributed by atoms with van der Waals surface area (Å²) in [6.07, 6.45) is 7.28. The molecule has 2 aromatic heterocycles. The van der Waals surface area contributed by atoms with Gasteiger partial charge < -0.3 is 25.4 Å². The topological polar surface area (TPSA) is 181 Å². The summed E-state index contributed by atoms with van der Waals surface area (Å²) in [4.78, 5) is 57.4. The Bertz CT molecular complexity index is 1950. The van der Waals surface area contributed by atoms with Crippen LogP contribution in [0.15, 0.2) is 59.1 Å². The molecule has 5 amide bonds. The Morgan fingerprint density at radius 2 is 1.73 bits per heavy atom. The summed E-state index contributed by atoms with van der Waals surface area (Å²) in [7, 11) is -3.09. The minimum atomic E-state index is -3.09. The summed E-state index contributed by atoms with van der Waals surface area (Å²) < 4.78 is 57.7. The van der Waals surface area contributed by atoms with Crippen LogP contribution in [0.4, 0.5) is 25.2 Å². The van der Waals surface area contributed by atoms with Crippen LogP contribution in [0.2, 0.25) is 0 Å². The van der Waals surface area contributed by atoms with E-state index in [1.54, 1.807) is 12.1 Å². The van der Waals surface area contributed by atoms with E-state index in [2.05, 4.69) is 30.3 Å². The summed E-state index contributed by atoms with van der Waals surface area (Å²) in [5.41, 5.74) is 0.958. The Labute approximate surface area is 293 Å². The third kappa shape index (κ3) is 10.8. The molecule has 1 atom stereocenters. The van der Waals surface area contributed by atoms with Crippen molar-refractivity contribution in [3.8, 4) is 22.8 Å². The average Bonchev–Trinajstić information content (AvgIpc) is 3.39. The van der Waals surface area contributed by atoms with E-state index >= 15 is 0 Å². The summed E-state index contributed by atoms with van der Waals surface area (Å²) in [5, 5.41) is 8.21. The highest BCUT2D eigenvalue weighted by Crippen LogP contribution is 2.34. The number of rotatable bonds is 11. The van der Waals surface area contributed by atoms with Crippen LogP contribution < -0.4 is 25.4 Å². The second-order valence-corrected chi connectivity index (χ2v) is 14.2. The van der Waals surface area contributed by atoms with Gasteiger partial charge in [-0.3, -0.25) is 19.3 Å². The smallest absolute Gasteiger partial charge is 0.349 e. The molecule has 4 heterocycles. The monoisotopic (exact) mass is 725 g/mol. The molecule has 1 unspecified atom stereocenters. The zero-order valence-corrected chi connectivity index (χ0v) is 28.6. The minimum Gasteiger partial charge on any atom is -0.493 e. The Balaban J connectivity index is 1.14. The number of nitrogens with one attached hydrogen (secondary N) is 3. The standard InChI is InChI=1S/C34H37F2N7O7S/c1-51(48,42-34(47)38-12-11-37-30(44)6-3-2-4-13-43-32(45)9-10-33(43)46)21-22-16-29-40-28-19-25(26(36)20-39-28)24-8-7-23(35)18-27(24)49-14-5-15-50-31(17-22)41-29/h7-10,16-20H,2-6,11-15,21H2,1H3,(H,37,44)(H,38,47)(H,39,40,41). The van der Waals surface area contributed by atoms with Crippen molar-refractivity contribution < 1.29 is 41.6 Å². The van der Waals surface area contributed by atoms with E-state index < -0.39 is 27.4 Å². The van der Waals surface area contributed by atoms with Crippen molar-refractivity contribution in [3.63, 3.8) is 0 Å². The number of fused-ring (bicyclic) bond motifs is 6. The number of imide groups is 1. The lowest BCUT2D eigenvalue weighted by Crippen LogP contribution is -2.33. The molecule has 51 heavy (non-hydrogen) atoms. The maximum absolute atomic E-state index is 14.9. The molecule has 0 saturated carbocycles. The van der Waals surface area contributed by atoms with Gasteiger partial charge in [0.2, 0.25) is 11.8 Å². The fourth-order valence-corrected chi connectivity index (χ4v) is 6.54. The van der Waals surface area contributed by atoms with Gasteiger partial charge in [-0.15, -0.1) is 4.36 Å². The van der Waals surface area contributed by atoms with E-state index in [-0.39, 0.29) is 85.0 Å². The molecule has 0 fully saturated rings. The quantitative estimate of drug-likeness (QED) is 0.191. The first-order valence-corrected chi connectivity index (χ1v) is 18.3. The lowest BCUT2D eigenvalue weighted by Gasteiger charge is -2.16. The molecule has 2 aliphatic heterocycles. The Hall–Kier alpha value is -5.45. The van der Waals surface area contributed by atoms with Crippen molar-refractivity contribution in [2.45, 2.75) is 37.9 Å². The molecule has 4 bridgehead atoms. The molecule has 5 rings (SSSR count). The maximum Gasteiger partial charge on any atom is 0.349 e. The van der Waals surface area contributed by atoms with Crippen LogP contribution in [0.5, 0.6) is 11.6 Å². The number of ether oxygens (including phenoxy) is 2. The number of hydrogen-bond acceptors (Lipinski definition) is 10. The third-order valence-electron chi connectivity index (χ3n) is 7.62. The minimum absolute atomic E-state index is 0.0624. The number of hydrogen-bond donors (Lipinski definition) is 3. The Kier molecular flexibility index (Phi) is 12.3. The summed E-state index contributed by atoms with van der Waals surface area (Å²) in [5.74, 6) is -1.35. The first kappa shape index (κ1) is 36.8. The fraction of sp³-hybridized carbons (Fsp3) is 0.353. The van der Waals surface area contributed by atoms with Crippen molar-refractivity contribution >= 4 is 45.1 Å². The van der Waals surface area contributed by atoms with E-state index in [1.807, 2.05) is 0 Å². The first-order valence-electron chi connectivity index (χ1n) is 16.2. The summed E-state index contributed by atoms with van der Waals surface area (Å²) in [6.45, 7) is 0.825. The molecular weight excluding hydrogens is 688 g/mol. The van der Waals surface area contributed by atoms with Gasteiger partial charge >= 0.3 is 6.03 Å². The van der Waals surface area contributed by atoms with Crippen LogP contribution in [0, 0.1) is 11.6 Å². The highest BCUT2D eigenvalue weighted by Gasteiger charge is 2.22. The van der Waals surface area contributed by atoms with Crippen molar-refractivity contribution in [1.82, 2.24) is 25.5 Å². The van der Waals surface area contributed by atoms with Gasteiger partial charge in [0.1, 0.15) is 29.0 Å². The van der Waals surface area contributed by atoms with Gasteiger partial charge in [-0.25, -0.2) is 22.8 Å². The van der Waals surface area contributed by atoms with Crippen LogP contribution in [0.3, 0.4) is 0 Å². The lowest BCUT2D eigenvalue weighted by atomic mass is 10.0. The van der Waals surface area contributed by atoms with E-state index in [4.69, 9.17) is 9.47 Å². The number of carbonyl (C=O) groups excluding carboxylic acids is 4. The lowest BCUT2D eigenvalue weighted by molar-refractivity contribution is -0.137. The van der Waals surface area contributed by atoms with E-state index in [1.165, 1.54) is 42.7 Å². The molecule has 1 aromatic carbocycles. The maximum atomic E-state index is 14.9. The second kappa shape index (κ2) is 17.0. The van der Waals surface area contributed by atoms with E-state index in [9.17, 15) is 32.2 Å². The van der Waals surface area contributed by atoms with Gasteiger partial charge in [0.25, 0.3) is 11.8 Å². The number of unbranched alkanes of at least 4 members (excludes halogenated alkanes) is 2. The predicted octanol–water partition coefficient (Wildman–Crippen LogP) is 4.24. The van der Waals surface area contributed by atoms with Crippen molar-refractivity contribution in [2.75, 3.05) is 44.4 Å². The van der Waals surface area contributed by atoms with Crippen LogP contribution in [-0.4, -0.2) is 81.9 Å². The average molecular weight is 726 g/mol. The van der Waals surface area contributed by atoms with Gasteiger partial charge in [0.05, 0.1) is 34.9 Å². The normalized spacial score (nSPS) is 15.0. The molecular formula is C34H37F2N7O7S. The van der Waals surface area contributed by atoms with Crippen molar-refractivity contribution in [2.24, 2.45) is 4.36 Å². The number of urea groups is 1. The second-order valence-electron chi connectivity index (χ2n) is 11.8. The number of carbonyl (C=O) groups is 4. The number of halogens is 2. The third-order valence-corrected chi connectivity index (χ3v) is 9.04. The number of anilines is 2. The summed E-state index contributed by atoms with van der Waals surface area (Å²) >= 11 is 0. The Morgan fingerprint density at radius 3 is 2.53 bits per heavy atom. The number of nitrogens with zero attached hydrogens (tertiary/aromatic N) is 4. The van der Waals surface area contributed by atoms with Crippen LogP contribution in [0.25, 0.3) is 11.1 Å². The van der Waals surface area contributed by atoms with Gasteiger partial charge in [0.15, 0.2) is 0 Å². The highest BCUT2D eigenvalue weighted by molar-refractivity contribution is 7.92.